The summed E-state index contributed by atoms with van der Waals surface area (Å²) in [4.78, 5) is 37.1. The fraction of sp³-hybridized carbons (Fsp3) is 0.438. The first kappa shape index (κ1) is 15.5. The van der Waals surface area contributed by atoms with Gasteiger partial charge in [-0.2, -0.15) is 0 Å². The van der Waals surface area contributed by atoms with Gasteiger partial charge in [-0.3, -0.25) is 14.4 Å². The van der Waals surface area contributed by atoms with Crippen molar-refractivity contribution in [3.05, 3.63) is 29.8 Å². The molecule has 7 heteroatoms. The SMILES string of the molecule is O=C(O)C[C@H]1CN(C(=O)[C@H]2CC(=O)Nc3ccccc32)CCO1. The number of morpholine rings is 1. The molecule has 2 aliphatic rings. The van der Waals surface area contributed by atoms with Crippen LogP contribution >= 0.6 is 0 Å². The molecule has 2 N–H and O–H groups in total. The largest absolute Gasteiger partial charge is 0.481 e. The fourth-order valence-electron chi connectivity index (χ4n) is 3.09. The van der Waals surface area contributed by atoms with Gasteiger partial charge in [0.2, 0.25) is 11.8 Å². The van der Waals surface area contributed by atoms with E-state index in [2.05, 4.69) is 5.32 Å². The highest BCUT2D eigenvalue weighted by Crippen LogP contribution is 2.33. The van der Waals surface area contributed by atoms with Crippen LogP contribution in [0, 0.1) is 0 Å². The van der Waals surface area contributed by atoms with E-state index in [1.807, 2.05) is 18.2 Å². The predicted molar refractivity (Wildman–Crippen MR) is 81.0 cm³/mol. The summed E-state index contributed by atoms with van der Waals surface area (Å²) in [5.74, 6) is -1.81. The van der Waals surface area contributed by atoms with Crippen molar-refractivity contribution in [2.45, 2.75) is 24.9 Å². The number of rotatable bonds is 3. The normalized spacial score (nSPS) is 23.8. The summed E-state index contributed by atoms with van der Waals surface area (Å²) >= 11 is 0. The van der Waals surface area contributed by atoms with Crippen LogP contribution in [0.2, 0.25) is 0 Å². The van der Waals surface area contributed by atoms with Gasteiger partial charge in [0.05, 0.1) is 25.0 Å². The number of fused-ring (bicyclic) bond motifs is 1. The van der Waals surface area contributed by atoms with Crippen molar-refractivity contribution < 1.29 is 24.2 Å². The maximum Gasteiger partial charge on any atom is 0.306 e. The number of aliphatic carboxylic acids is 1. The van der Waals surface area contributed by atoms with E-state index in [4.69, 9.17) is 9.84 Å². The van der Waals surface area contributed by atoms with Crippen LogP contribution in [0.1, 0.15) is 24.3 Å². The number of hydrogen-bond donors (Lipinski definition) is 2. The number of para-hydroxylation sites is 1. The zero-order chi connectivity index (χ0) is 16.4. The van der Waals surface area contributed by atoms with Crippen LogP contribution in [0.3, 0.4) is 0 Å². The van der Waals surface area contributed by atoms with Crippen molar-refractivity contribution in [3.8, 4) is 0 Å². The quantitative estimate of drug-likeness (QED) is 0.860. The summed E-state index contributed by atoms with van der Waals surface area (Å²) in [6, 6.07) is 7.26. The number of carbonyl (C=O) groups excluding carboxylic acids is 2. The first-order valence-electron chi connectivity index (χ1n) is 7.55. The van der Waals surface area contributed by atoms with E-state index in [0.717, 1.165) is 5.56 Å². The molecule has 1 aromatic rings. The van der Waals surface area contributed by atoms with Gasteiger partial charge in [0, 0.05) is 25.2 Å². The Balaban J connectivity index is 1.77. The molecule has 3 rings (SSSR count). The highest BCUT2D eigenvalue weighted by Gasteiger charge is 2.35. The van der Waals surface area contributed by atoms with Crippen molar-refractivity contribution in [1.29, 1.82) is 0 Å². The number of carboxylic acids is 1. The summed E-state index contributed by atoms with van der Waals surface area (Å²) in [6.45, 7) is 0.963. The first-order valence-corrected chi connectivity index (χ1v) is 7.55. The molecule has 1 aromatic carbocycles. The van der Waals surface area contributed by atoms with Crippen molar-refractivity contribution >= 4 is 23.5 Å². The van der Waals surface area contributed by atoms with E-state index in [1.54, 1.807) is 11.0 Å². The molecule has 1 saturated heterocycles. The maximum atomic E-state index is 12.8. The third-order valence-corrected chi connectivity index (χ3v) is 4.15. The molecule has 0 aromatic heterocycles. The second-order valence-electron chi connectivity index (χ2n) is 5.77. The molecular formula is C16H18N2O5. The number of amides is 2. The Kier molecular flexibility index (Phi) is 4.29. The Morgan fingerprint density at radius 1 is 1.35 bits per heavy atom. The number of anilines is 1. The smallest absolute Gasteiger partial charge is 0.306 e. The van der Waals surface area contributed by atoms with Gasteiger partial charge < -0.3 is 20.1 Å². The molecule has 23 heavy (non-hydrogen) atoms. The molecule has 0 spiro atoms. The lowest BCUT2D eigenvalue weighted by atomic mass is 9.89. The number of carbonyl (C=O) groups is 3. The average Bonchev–Trinajstić information content (AvgIpc) is 2.53. The van der Waals surface area contributed by atoms with E-state index in [-0.39, 0.29) is 31.2 Å². The first-order chi connectivity index (χ1) is 11.0. The Morgan fingerprint density at radius 2 is 2.13 bits per heavy atom. The summed E-state index contributed by atoms with van der Waals surface area (Å²) in [6.07, 6.45) is -0.527. The van der Waals surface area contributed by atoms with Crippen LogP contribution in [0.15, 0.2) is 24.3 Å². The van der Waals surface area contributed by atoms with E-state index in [9.17, 15) is 14.4 Å². The van der Waals surface area contributed by atoms with Gasteiger partial charge in [0.15, 0.2) is 0 Å². The van der Waals surface area contributed by atoms with Gasteiger partial charge in [0.1, 0.15) is 0 Å². The summed E-state index contributed by atoms with van der Waals surface area (Å²) in [5.41, 5.74) is 1.47. The number of nitrogens with zero attached hydrogens (tertiary/aromatic N) is 1. The van der Waals surface area contributed by atoms with Crippen LogP contribution in [0.4, 0.5) is 5.69 Å². The van der Waals surface area contributed by atoms with Crippen LogP contribution < -0.4 is 5.32 Å². The molecule has 0 bridgehead atoms. The Hall–Kier alpha value is -2.41. The molecule has 1 fully saturated rings. The Morgan fingerprint density at radius 3 is 2.91 bits per heavy atom. The second kappa shape index (κ2) is 6.37. The number of nitrogens with one attached hydrogen (secondary N) is 1. The Bertz CT molecular complexity index is 645. The van der Waals surface area contributed by atoms with Gasteiger partial charge in [-0.05, 0) is 11.6 Å². The summed E-state index contributed by atoms with van der Waals surface area (Å²) in [5, 5.41) is 11.6. The third-order valence-electron chi connectivity index (χ3n) is 4.15. The van der Waals surface area contributed by atoms with E-state index >= 15 is 0 Å². The van der Waals surface area contributed by atoms with Crippen molar-refractivity contribution in [1.82, 2.24) is 4.90 Å². The summed E-state index contributed by atoms with van der Waals surface area (Å²) in [7, 11) is 0. The van der Waals surface area contributed by atoms with Gasteiger partial charge in [-0.1, -0.05) is 18.2 Å². The lowest BCUT2D eigenvalue weighted by Gasteiger charge is -2.36. The van der Waals surface area contributed by atoms with Crippen LogP contribution in [-0.2, 0) is 19.1 Å². The monoisotopic (exact) mass is 318 g/mol. The summed E-state index contributed by atoms with van der Waals surface area (Å²) < 4.78 is 5.39. The number of ether oxygens (including phenoxy) is 1. The molecule has 0 unspecified atom stereocenters. The van der Waals surface area contributed by atoms with Crippen molar-refractivity contribution in [2.24, 2.45) is 0 Å². The van der Waals surface area contributed by atoms with Gasteiger partial charge in [0.25, 0.3) is 0 Å². The highest BCUT2D eigenvalue weighted by molar-refractivity contribution is 6.01. The van der Waals surface area contributed by atoms with E-state index < -0.39 is 18.0 Å². The van der Waals surface area contributed by atoms with Gasteiger partial charge >= 0.3 is 5.97 Å². The number of benzene rings is 1. The molecule has 2 aliphatic heterocycles. The van der Waals surface area contributed by atoms with Crippen molar-refractivity contribution in [3.63, 3.8) is 0 Å². The van der Waals surface area contributed by atoms with E-state index in [1.165, 1.54) is 0 Å². The highest BCUT2D eigenvalue weighted by atomic mass is 16.5. The maximum absolute atomic E-state index is 12.8. The minimum absolute atomic E-state index is 0.108. The topological polar surface area (TPSA) is 95.9 Å². The van der Waals surface area contributed by atoms with Crippen LogP contribution in [0.5, 0.6) is 0 Å². The zero-order valence-corrected chi connectivity index (χ0v) is 12.5. The number of carboxylic acid groups (broad SMARTS) is 1. The van der Waals surface area contributed by atoms with Crippen LogP contribution in [-0.4, -0.2) is 53.6 Å². The molecule has 0 radical (unpaired) electrons. The lowest BCUT2D eigenvalue weighted by molar-refractivity contribution is -0.148. The minimum atomic E-state index is -0.952. The fourth-order valence-corrected chi connectivity index (χ4v) is 3.09. The molecule has 7 nitrogen and oxygen atoms in total. The molecule has 0 saturated carbocycles. The second-order valence-corrected chi connectivity index (χ2v) is 5.77. The van der Waals surface area contributed by atoms with Crippen LogP contribution in [0.25, 0.3) is 0 Å². The molecule has 2 amide bonds. The van der Waals surface area contributed by atoms with Gasteiger partial charge in [-0.15, -0.1) is 0 Å². The molecule has 122 valence electrons. The molecule has 2 heterocycles. The third kappa shape index (κ3) is 3.34. The molecule has 2 atom stereocenters. The standard InChI is InChI=1S/C16H18N2O5/c19-14-8-12(11-3-1-2-4-13(11)17-14)16(22)18-5-6-23-10(9-18)7-15(20)21/h1-4,10,12H,5-9H2,(H,17,19)(H,20,21)/t10-,12-/m0/s1. The molecule has 0 aliphatic carbocycles. The van der Waals surface area contributed by atoms with Gasteiger partial charge in [-0.25, -0.2) is 0 Å². The van der Waals surface area contributed by atoms with E-state index in [0.29, 0.717) is 18.8 Å². The predicted octanol–water partition coefficient (Wildman–Crippen LogP) is 0.814. The van der Waals surface area contributed by atoms with Crippen molar-refractivity contribution in [2.75, 3.05) is 25.0 Å². The molecular weight excluding hydrogens is 300 g/mol. The average molecular weight is 318 g/mol. The Labute approximate surface area is 133 Å². The lowest BCUT2D eigenvalue weighted by Crippen LogP contribution is -2.48. The minimum Gasteiger partial charge on any atom is -0.481 e. The zero-order valence-electron chi connectivity index (χ0n) is 12.5. The number of hydrogen-bond acceptors (Lipinski definition) is 4.